The fraction of sp³-hybridized carbons (Fsp3) is 0.300. The fourth-order valence-corrected chi connectivity index (χ4v) is 2.34. The molecule has 0 aliphatic rings. The van der Waals surface area contributed by atoms with E-state index in [9.17, 15) is 9.59 Å². The highest BCUT2D eigenvalue weighted by Gasteiger charge is 2.05. The number of amides is 2. The molecule has 0 radical (unpaired) electrons. The Morgan fingerprint density at radius 3 is 2.07 bits per heavy atom. The van der Waals surface area contributed by atoms with Crippen molar-refractivity contribution in [1.82, 2.24) is 10.6 Å². The van der Waals surface area contributed by atoms with E-state index in [2.05, 4.69) is 10.6 Å². The number of methoxy groups -OCH3 is 2. The van der Waals surface area contributed by atoms with Crippen LogP contribution in [-0.2, 0) is 11.3 Å². The van der Waals surface area contributed by atoms with Gasteiger partial charge in [0.05, 0.1) is 14.2 Å². The fourth-order valence-electron chi connectivity index (χ4n) is 2.34. The first kappa shape index (κ1) is 20.9. The number of ether oxygens (including phenoxy) is 3. The molecule has 8 nitrogen and oxygen atoms in total. The number of carboxylic acids is 1. The highest BCUT2D eigenvalue weighted by molar-refractivity contribution is 5.74. The van der Waals surface area contributed by atoms with Crippen molar-refractivity contribution in [2.75, 3.05) is 20.8 Å². The van der Waals surface area contributed by atoms with Gasteiger partial charge in [-0.3, -0.25) is 4.79 Å². The van der Waals surface area contributed by atoms with Gasteiger partial charge in [0, 0.05) is 37.7 Å². The van der Waals surface area contributed by atoms with Crippen LogP contribution < -0.4 is 24.8 Å². The molecule has 2 aromatic carbocycles. The van der Waals surface area contributed by atoms with E-state index in [1.807, 2.05) is 12.1 Å². The van der Waals surface area contributed by atoms with Gasteiger partial charge < -0.3 is 30.0 Å². The monoisotopic (exact) mass is 388 g/mol. The number of urea groups is 1. The van der Waals surface area contributed by atoms with E-state index in [4.69, 9.17) is 19.3 Å². The lowest BCUT2D eigenvalue weighted by Crippen LogP contribution is -2.35. The lowest BCUT2D eigenvalue weighted by molar-refractivity contribution is -0.137. The van der Waals surface area contributed by atoms with E-state index in [0.29, 0.717) is 42.5 Å². The highest BCUT2D eigenvalue weighted by atomic mass is 16.5. The summed E-state index contributed by atoms with van der Waals surface area (Å²) in [6.07, 6.45) is 0.421. The minimum Gasteiger partial charge on any atom is -0.496 e. The molecule has 0 atom stereocenters. The molecule has 0 bridgehead atoms. The highest BCUT2D eigenvalue weighted by Crippen LogP contribution is 2.30. The SMILES string of the molecule is COc1cc(OC)cc(Oc2ccc(CNC(=O)NCCCC(=O)O)cc2)c1. The van der Waals surface area contributed by atoms with E-state index < -0.39 is 5.97 Å². The van der Waals surface area contributed by atoms with Crippen LogP contribution in [0.4, 0.5) is 4.79 Å². The van der Waals surface area contributed by atoms with Gasteiger partial charge in [-0.2, -0.15) is 0 Å². The number of hydrogen-bond donors (Lipinski definition) is 3. The molecular formula is C20H24N2O6. The molecule has 2 aromatic rings. The Labute approximate surface area is 163 Å². The van der Waals surface area contributed by atoms with E-state index in [-0.39, 0.29) is 12.5 Å². The maximum Gasteiger partial charge on any atom is 0.315 e. The van der Waals surface area contributed by atoms with Crippen molar-refractivity contribution in [3.05, 3.63) is 48.0 Å². The minimum absolute atomic E-state index is 0.0287. The number of benzene rings is 2. The Bertz CT molecular complexity index is 770. The lowest BCUT2D eigenvalue weighted by atomic mass is 10.2. The van der Waals surface area contributed by atoms with Gasteiger partial charge >= 0.3 is 12.0 Å². The van der Waals surface area contributed by atoms with Crippen molar-refractivity contribution in [2.24, 2.45) is 0 Å². The molecule has 0 saturated heterocycles. The first-order valence-corrected chi connectivity index (χ1v) is 8.73. The topological polar surface area (TPSA) is 106 Å². The van der Waals surface area contributed by atoms with Gasteiger partial charge in [0.2, 0.25) is 0 Å². The van der Waals surface area contributed by atoms with E-state index >= 15 is 0 Å². The lowest BCUT2D eigenvalue weighted by Gasteiger charge is -2.11. The number of carbonyl (C=O) groups excluding carboxylic acids is 1. The van der Waals surface area contributed by atoms with Crippen LogP contribution in [0.1, 0.15) is 18.4 Å². The minimum atomic E-state index is -0.878. The molecule has 0 aliphatic carbocycles. The quantitative estimate of drug-likeness (QED) is 0.540. The number of aliphatic carboxylic acids is 1. The molecule has 0 saturated carbocycles. The smallest absolute Gasteiger partial charge is 0.315 e. The molecule has 0 unspecified atom stereocenters. The largest absolute Gasteiger partial charge is 0.496 e. The van der Waals surface area contributed by atoms with Gasteiger partial charge in [0.15, 0.2) is 0 Å². The van der Waals surface area contributed by atoms with Crippen LogP contribution in [0, 0.1) is 0 Å². The van der Waals surface area contributed by atoms with Gasteiger partial charge in [-0.1, -0.05) is 12.1 Å². The summed E-state index contributed by atoms with van der Waals surface area (Å²) < 4.78 is 16.3. The summed E-state index contributed by atoms with van der Waals surface area (Å²) in [6.45, 7) is 0.660. The maximum atomic E-state index is 11.7. The average molecular weight is 388 g/mol. The molecule has 0 aliphatic heterocycles. The second kappa shape index (κ2) is 10.7. The van der Waals surface area contributed by atoms with Crippen molar-refractivity contribution in [3.63, 3.8) is 0 Å². The van der Waals surface area contributed by atoms with Crippen molar-refractivity contribution in [3.8, 4) is 23.0 Å². The van der Waals surface area contributed by atoms with Crippen LogP contribution >= 0.6 is 0 Å². The molecule has 2 rings (SSSR count). The van der Waals surface area contributed by atoms with E-state index in [1.165, 1.54) is 0 Å². The summed E-state index contributed by atoms with van der Waals surface area (Å²) >= 11 is 0. The zero-order chi connectivity index (χ0) is 20.4. The summed E-state index contributed by atoms with van der Waals surface area (Å²) in [7, 11) is 3.14. The van der Waals surface area contributed by atoms with Crippen LogP contribution in [0.25, 0.3) is 0 Å². The van der Waals surface area contributed by atoms with Crippen LogP contribution in [-0.4, -0.2) is 37.9 Å². The molecule has 0 aromatic heterocycles. The second-order valence-corrected chi connectivity index (χ2v) is 5.90. The van der Waals surface area contributed by atoms with E-state index in [1.54, 1.807) is 44.6 Å². The van der Waals surface area contributed by atoms with E-state index in [0.717, 1.165) is 5.56 Å². The zero-order valence-electron chi connectivity index (χ0n) is 15.9. The third kappa shape index (κ3) is 7.06. The molecular weight excluding hydrogens is 364 g/mol. The summed E-state index contributed by atoms with van der Waals surface area (Å²) in [5, 5.41) is 13.9. The normalized spacial score (nSPS) is 10.1. The number of rotatable bonds is 10. The van der Waals surface area contributed by atoms with Crippen LogP contribution in [0.2, 0.25) is 0 Å². The molecule has 0 spiro atoms. The van der Waals surface area contributed by atoms with Crippen molar-refractivity contribution in [1.29, 1.82) is 0 Å². The third-order valence-electron chi connectivity index (χ3n) is 3.79. The second-order valence-electron chi connectivity index (χ2n) is 5.90. The van der Waals surface area contributed by atoms with Gasteiger partial charge in [-0.25, -0.2) is 4.79 Å². The molecule has 0 heterocycles. The summed E-state index contributed by atoms with van der Waals surface area (Å²) in [5.41, 5.74) is 0.899. The summed E-state index contributed by atoms with van der Waals surface area (Å²) in [5.74, 6) is 1.60. The van der Waals surface area contributed by atoms with Crippen molar-refractivity contribution < 1.29 is 28.9 Å². The Morgan fingerprint density at radius 1 is 0.893 bits per heavy atom. The van der Waals surface area contributed by atoms with Gasteiger partial charge in [0.25, 0.3) is 0 Å². The zero-order valence-corrected chi connectivity index (χ0v) is 15.9. The van der Waals surface area contributed by atoms with Gasteiger partial charge in [-0.05, 0) is 24.1 Å². The van der Waals surface area contributed by atoms with Gasteiger partial charge in [0.1, 0.15) is 23.0 Å². The van der Waals surface area contributed by atoms with Gasteiger partial charge in [-0.15, -0.1) is 0 Å². The third-order valence-corrected chi connectivity index (χ3v) is 3.79. The molecule has 150 valence electrons. The molecule has 0 fully saturated rings. The Kier molecular flexibility index (Phi) is 7.95. The molecule has 2 amide bonds. The number of carbonyl (C=O) groups is 2. The molecule has 8 heteroatoms. The first-order valence-electron chi connectivity index (χ1n) is 8.73. The van der Waals surface area contributed by atoms with Crippen LogP contribution in [0.5, 0.6) is 23.0 Å². The van der Waals surface area contributed by atoms with Crippen LogP contribution in [0.3, 0.4) is 0 Å². The summed E-state index contributed by atoms with van der Waals surface area (Å²) in [4.78, 5) is 22.1. The Balaban J connectivity index is 1.83. The van der Waals surface area contributed by atoms with Crippen LogP contribution in [0.15, 0.2) is 42.5 Å². The van der Waals surface area contributed by atoms with Crippen molar-refractivity contribution >= 4 is 12.0 Å². The predicted octanol–water partition coefficient (Wildman–Crippen LogP) is 3.16. The molecule has 3 N–H and O–H groups in total. The molecule has 28 heavy (non-hydrogen) atoms. The number of nitrogens with one attached hydrogen (secondary N) is 2. The predicted molar refractivity (Wildman–Crippen MR) is 103 cm³/mol. The average Bonchev–Trinajstić information content (AvgIpc) is 2.70. The van der Waals surface area contributed by atoms with Crippen molar-refractivity contribution in [2.45, 2.75) is 19.4 Å². The number of hydrogen-bond acceptors (Lipinski definition) is 5. The summed E-state index contributed by atoms with van der Waals surface area (Å²) in [6, 6.07) is 12.2. The number of carboxylic acid groups (broad SMARTS) is 1. The Morgan fingerprint density at radius 2 is 1.50 bits per heavy atom. The maximum absolute atomic E-state index is 11.7. The first-order chi connectivity index (χ1) is 13.5. The standard InChI is InChI=1S/C20H24N2O6/c1-26-16-10-17(27-2)12-18(11-16)28-15-7-5-14(6-8-15)13-22-20(25)21-9-3-4-19(23)24/h5-8,10-12H,3-4,9,13H2,1-2H3,(H,23,24)(H2,21,22,25). The Hall–Kier alpha value is -3.42.